The molecule has 41 heavy (non-hydrogen) atoms. The van der Waals surface area contributed by atoms with E-state index >= 15 is 0 Å². The van der Waals surface area contributed by atoms with Gasteiger partial charge in [-0.1, -0.05) is 60.1 Å². The Morgan fingerprint density at radius 1 is 1.24 bits per heavy atom. The van der Waals surface area contributed by atoms with Gasteiger partial charge in [0, 0.05) is 11.3 Å². The highest BCUT2D eigenvalue weighted by Gasteiger charge is 2.78. The standard InChI is InChI=1S/C32H37ClN2O5S/c1-5-17-34(26-20(3)11-10-14-23(26)33)29(38)27-32-16-15-31(4,41-32)25(30(39)40-6-2)24(32)28(37)35(27)22(19-36)18-21-12-8-7-9-13-21/h5,7-14,22,24-25,27,36H,1,6,15-19H2,2-4H3/t22-,24+,25+,27?,31-,32?/m1/s1. The number of rotatable bonds is 10. The van der Waals surface area contributed by atoms with Crippen LogP contribution in [0.4, 0.5) is 5.69 Å². The van der Waals surface area contributed by atoms with Gasteiger partial charge in [-0.25, -0.2) is 0 Å². The molecule has 6 atom stereocenters. The highest BCUT2D eigenvalue weighted by Crippen LogP contribution is 2.72. The number of nitrogens with zero attached hydrogens (tertiary/aromatic N) is 2. The van der Waals surface area contributed by atoms with Gasteiger partial charge < -0.3 is 19.6 Å². The number of hydrogen-bond donors (Lipinski definition) is 1. The molecule has 2 aromatic carbocycles. The summed E-state index contributed by atoms with van der Waals surface area (Å²) in [5.41, 5.74) is 2.33. The Bertz CT molecular complexity index is 1330. The van der Waals surface area contributed by atoms with Crippen LogP contribution in [0.25, 0.3) is 0 Å². The number of thioether (sulfide) groups is 1. The number of anilines is 1. The summed E-state index contributed by atoms with van der Waals surface area (Å²) in [4.78, 5) is 46.1. The van der Waals surface area contributed by atoms with Gasteiger partial charge in [0.2, 0.25) is 5.91 Å². The summed E-state index contributed by atoms with van der Waals surface area (Å²) in [6, 6.07) is 13.5. The van der Waals surface area contributed by atoms with Crippen LogP contribution in [-0.2, 0) is 25.5 Å². The number of carbonyl (C=O) groups is 3. The predicted octanol–water partition coefficient (Wildman–Crippen LogP) is 4.82. The number of benzene rings is 2. The van der Waals surface area contributed by atoms with Crippen molar-refractivity contribution in [1.82, 2.24) is 4.90 Å². The number of likely N-dealkylation sites (tertiary alicyclic amines) is 1. The Hall–Kier alpha value is -2.81. The van der Waals surface area contributed by atoms with Gasteiger partial charge in [0.25, 0.3) is 5.91 Å². The molecule has 7 nitrogen and oxygen atoms in total. The van der Waals surface area contributed by atoms with E-state index in [1.165, 1.54) is 0 Å². The number of aliphatic hydroxyl groups is 1. The van der Waals surface area contributed by atoms with E-state index in [9.17, 15) is 19.5 Å². The zero-order valence-electron chi connectivity index (χ0n) is 23.7. The van der Waals surface area contributed by atoms with E-state index in [1.54, 1.807) is 40.6 Å². The molecule has 2 bridgehead atoms. The van der Waals surface area contributed by atoms with E-state index in [0.717, 1.165) is 11.1 Å². The number of carbonyl (C=O) groups excluding carboxylic acids is 3. The first-order valence-corrected chi connectivity index (χ1v) is 15.3. The normalized spacial score (nSPS) is 28.9. The maximum atomic E-state index is 14.9. The minimum atomic E-state index is -0.914. The first-order chi connectivity index (χ1) is 19.6. The monoisotopic (exact) mass is 596 g/mol. The molecule has 0 radical (unpaired) electrons. The molecule has 5 rings (SSSR count). The van der Waals surface area contributed by atoms with E-state index in [-0.39, 0.29) is 31.6 Å². The number of fused-ring (bicyclic) bond motifs is 1. The maximum Gasteiger partial charge on any atom is 0.311 e. The van der Waals surface area contributed by atoms with Crippen LogP contribution < -0.4 is 4.90 Å². The lowest BCUT2D eigenvalue weighted by atomic mass is 9.66. The summed E-state index contributed by atoms with van der Waals surface area (Å²) in [7, 11) is 0. The highest BCUT2D eigenvalue weighted by atomic mass is 35.5. The number of para-hydroxylation sites is 1. The Morgan fingerprint density at radius 3 is 2.61 bits per heavy atom. The van der Waals surface area contributed by atoms with Crippen LogP contribution in [-0.4, -0.2) is 69.1 Å². The largest absolute Gasteiger partial charge is 0.466 e. The quantitative estimate of drug-likeness (QED) is 0.313. The molecule has 9 heteroatoms. The maximum absolute atomic E-state index is 14.9. The molecule has 1 spiro atoms. The topological polar surface area (TPSA) is 87.2 Å². The lowest BCUT2D eigenvalue weighted by molar-refractivity contribution is -0.155. The summed E-state index contributed by atoms with van der Waals surface area (Å²) < 4.78 is 4.12. The van der Waals surface area contributed by atoms with Crippen LogP contribution in [0.5, 0.6) is 0 Å². The molecule has 2 amide bonds. The van der Waals surface area contributed by atoms with Crippen molar-refractivity contribution in [2.24, 2.45) is 11.8 Å². The van der Waals surface area contributed by atoms with E-state index in [1.807, 2.05) is 56.3 Å². The smallest absolute Gasteiger partial charge is 0.311 e. The third-order valence-electron chi connectivity index (χ3n) is 8.94. The zero-order valence-corrected chi connectivity index (χ0v) is 25.3. The highest BCUT2D eigenvalue weighted by molar-refractivity contribution is 8.02. The fourth-order valence-electron chi connectivity index (χ4n) is 7.30. The number of ether oxygens (including phenoxy) is 1. The van der Waals surface area contributed by atoms with Gasteiger partial charge in [0.15, 0.2) is 0 Å². The molecular weight excluding hydrogens is 560 g/mol. The molecule has 218 valence electrons. The summed E-state index contributed by atoms with van der Waals surface area (Å²) in [5, 5.41) is 11.1. The second-order valence-corrected chi connectivity index (χ2v) is 13.7. The number of esters is 1. The fourth-order valence-corrected chi connectivity index (χ4v) is 9.95. The Kier molecular flexibility index (Phi) is 8.30. The molecule has 0 aromatic heterocycles. The number of aryl methyl sites for hydroxylation is 1. The summed E-state index contributed by atoms with van der Waals surface area (Å²) in [6.45, 7) is 9.62. The van der Waals surface area contributed by atoms with Crippen LogP contribution in [0.1, 0.15) is 37.8 Å². The fraction of sp³-hybridized carbons (Fsp3) is 0.469. The van der Waals surface area contributed by atoms with E-state index in [4.69, 9.17) is 16.3 Å². The number of halogens is 1. The minimum Gasteiger partial charge on any atom is -0.466 e. The van der Waals surface area contributed by atoms with Gasteiger partial charge >= 0.3 is 5.97 Å². The second-order valence-electron chi connectivity index (χ2n) is 11.4. The number of amides is 2. The molecule has 3 aliphatic rings. The Morgan fingerprint density at radius 2 is 1.98 bits per heavy atom. The second kappa shape index (κ2) is 11.5. The molecule has 0 aliphatic carbocycles. The van der Waals surface area contributed by atoms with E-state index in [2.05, 4.69) is 6.58 Å². The number of aliphatic hydroxyl groups excluding tert-OH is 1. The Labute approximate surface area is 250 Å². The van der Waals surface area contributed by atoms with Gasteiger partial charge in [-0.15, -0.1) is 18.3 Å². The zero-order chi connectivity index (χ0) is 29.5. The minimum absolute atomic E-state index is 0.189. The van der Waals surface area contributed by atoms with Crippen LogP contribution in [0, 0.1) is 18.8 Å². The van der Waals surface area contributed by atoms with E-state index < -0.39 is 39.4 Å². The van der Waals surface area contributed by atoms with E-state index in [0.29, 0.717) is 30.0 Å². The third-order valence-corrected chi connectivity index (χ3v) is 11.2. The summed E-state index contributed by atoms with van der Waals surface area (Å²) in [5.74, 6) is -2.38. The molecule has 3 aliphatic heterocycles. The molecule has 3 fully saturated rings. The van der Waals surface area contributed by atoms with Crippen molar-refractivity contribution in [2.75, 3.05) is 24.7 Å². The van der Waals surface area contributed by atoms with Crippen molar-refractivity contribution in [3.8, 4) is 0 Å². The Balaban J connectivity index is 1.66. The van der Waals surface area contributed by atoms with Crippen molar-refractivity contribution in [2.45, 2.75) is 61.6 Å². The van der Waals surface area contributed by atoms with Crippen molar-refractivity contribution >= 4 is 46.8 Å². The summed E-state index contributed by atoms with van der Waals surface area (Å²) in [6.07, 6.45) is 3.29. The van der Waals surface area contributed by atoms with Crippen molar-refractivity contribution in [1.29, 1.82) is 0 Å². The lowest BCUT2D eigenvalue weighted by Gasteiger charge is -2.40. The molecule has 1 N–H and O–H groups in total. The van der Waals surface area contributed by atoms with Crippen LogP contribution in [0.2, 0.25) is 5.02 Å². The van der Waals surface area contributed by atoms with Gasteiger partial charge in [-0.05, 0) is 57.2 Å². The SMILES string of the molecule is C=CCN(C(=O)C1N([C@@H](CO)Cc2ccccc2)C(=O)[C@@H]2[C@@H](C(=O)OCC)[C@@]3(C)CCC12S3)c1c(C)cccc1Cl. The molecular formula is C32H37ClN2O5S. The van der Waals surface area contributed by atoms with Crippen molar-refractivity contribution in [3.05, 3.63) is 77.3 Å². The van der Waals surface area contributed by atoms with Gasteiger partial charge in [-0.2, -0.15) is 0 Å². The first kappa shape index (κ1) is 29.7. The number of hydrogen-bond acceptors (Lipinski definition) is 6. The van der Waals surface area contributed by atoms with Crippen LogP contribution >= 0.6 is 23.4 Å². The van der Waals surface area contributed by atoms with Crippen LogP contribution in [0.3, 0.4) is 0 Å². The van der Waals surface area contributed by atoms with Gasteiger partial charge in [0.05, 0.1) is 46.5 Å². The first-order valence-electron chi connectivity index (χ1n) is 14.1. The molecule has 0 saturated carbocycles. The summed E-state index contributed by atoms with van der Waals surface area (Å²) >= 11 is 8.25. The lowest BCUT2D eigenvalue weighted by Crippen LogP contribution is -2.58. The molecule has 2 aromatic rings. The van der Waals surface area contributed by atoms with Crippen molar-refractivity contribution < 1.29 is 24.2 Å². The molecule has 2 unspecified atom stereocenters. The molecule has 3 saturated heterocycles. The van der Waals surface area contributed by atoms with Crippen LogP contribution in [0.15, 0.2) is 61.2 Å². The third kappa shape index (κ3) is 4.78. The molecule has 3 heterocycles. The van der Waals surface area contributed by atoms with Crippen molar-refractivity contribution in [3.63, 3.8) is 0 Å². The predicted molar refractivity (Wildman–Crippen MR) is 162 cm³/mol. The van der Waals surface area contributed by atoms with Gasteiger partial charge in [-0.3, -0.25) is 14.4 Å². The average molecular weight is 597 g/mol. The average Bonchev–Trinajstić information content (AvgIpc) is 3.52. The van der Waals surface area contributed by atoms with Gasteiger partial charge in [0.1, 0.15) is 6.04 Å².